The van der Waals surface area contributed by atoms with E-state index in [4.69, 9.17) is 14.2 Å². The molecule has 4 aromatic rings. The number of nitrogens with zero attached hydrogens (tertiary/aromatic N) is 1. The number of aromatic hydroxyl groups is 2. The molecular formula is C31H31NO8S. The van der Waals surface area contributed by atoms with Crippen LogP contribution in [0.5, 0.6) is 17.2 Å². The lowest BCUT2D eigenvalue weighted by molar-refractivity contribution is -0.156. The van der Waals surface area contributed by atoms with Crippen LogP contribution < -0.4 is 9.61 Å². The van der Waals surface area contributed by atoms with E-state index < -0.39 is 6.10 Å². The van der Waals surface area contributed by atoms with Gasteiger partial charge in [-0.2, -0.15) is 0 Å². The number of hydrogen-bond donors (Lipinski definition) is 2. The molecule has 0 spiro atoms. The van der Waals surface area contributed by atoms with Gasteiger partial charge in [0.2, 0.25) is 0 Å². The first-order chi connectivity index (χ1) is 19.8. The summed E-state index contributed by atoms with van der Waals surface area (Å²) in [4.78, 5) is 37.3. The van der Waals surface area contributed by atoms with E-state index in [1.807, 2.05) is 31.2 Å². The van der Waals surface area contributed by atoms with Gasteiger partial charge in [-0.05, 0) is 73.5 Å². The molecule has 41 heavy (non-hydrogen) atoms. The van der Waals surface area contributed by atoms with Crippen LogP contribution in [0.2, 0.25) is 0 Å². The van der Waals surface area contributed by atoms with Crippen molar-refractivity contribution in [1.82, 2.24) is 4.57 Å². The smallest absolute Gasteiger partial charge is 0.335 e. The van der Waals surface area contributed by atoms with Crippen molar-refractivity contribution in [2.45, 2.75) is 32.9 Å². The Balaban J connectivity index is 1.37. The van der Waals surface area contributed by atoms with E-state index in [1.165, 1.54) is 30.4 Å². The minimum Gasteiger partial charge on any atom is -0.508 e. The largest absolute Gasteiger partial charge is 0.508 e. The van der Waals surface area contributed by atoms with Crippen LogP contribution in [0.3, 0.4) is 0 Å². The third kappa shape index (κ3) is 7.84. The molecule has 0 saturated carbocycles. The molecule has 4 rings (SSSR count). The average Bonchev–Trinajstić information content (AvgIpc) is 3.26. The molecule has 2 N–H and O–H groups in total. The van der Waals surface area contributed by atoms with E-state index in [0.717, 1.165) is 16.9 Å². The molecule has 0 bridgehead atoms. The predicted octanol–water partition coefficient (Wildman–Crippen LogP) is 4.96. The molecule has 0 aliphatic carbocycles. The van der Waals surface area contributed by atoms with E-state index in [9.17, 15) is 24.6 Å². The number of aromatic nitrogens is 1. The highest BCUT2D eigenvalue weighted by atomic mass is 32.1. The molecule has 3 aromatic carbocycles. The lowest BCUT2D eigenvalue weighted by Crippen LogP contribution is -2.28. The van der Waals surface area contributed by atoms with Crippen LogP contribution in [0.25, 0.3) is 16.3 Å². The van der Waals surface area contributed by atoms with Crippen molar-refractivity contribution in [2.24, 2.45) is 0 Å². The van der Waals surface area contributed by atoms with Gasteiger partial charge in [-0.1, -0.05) is 29.5 Å². The Morgan fingerprint density at radius 1 is 0.976 bits per heavy atom. The number of ketones is 1. The van der Waals surface area contributed by atoms with Gasteiger partial charge in [0.05, 0.1) is 23.4 Å². The highest BCUT2D eigenvalue weighted by molar-refractivity contribution is 7.16. The summed E-state index contributed by atoms with van der Waals surface area (Å²) in [5.41, 5.74) is 2.51. The zero-order valence-corrected chi connectivity index (χ0v) is 23.6. The summed E-state index contributed by atoms with van der Waals surface area (Å²) in [5.74, 6) is -0.237. The second kappa shape index (κ2) is 13.8. The third-order valence-electron chi connectivity index (χ3n) is 6.15. The van der Waals surface area contributed by atoms with E-state index >= 15 is 0 Å². The molecule has 1 heterocycles. The molecule has 0 aliphatic heterocycles. The first kappa shape index (κ1) is 29.6. The number of phenolic OH excluding ortho intramolecular Hbond substituents is 2. The Morgan fingerprint density at radius 3 is 2.39 bits per heavy atom. The average molecular weight is 578 g/mol. The number of ether oxygens (including phenoxy) is 3. The Kier molecular flexibility index (Phi) is 9.94. The summed E-state index contributed by atoms with van der Waals surface area (Å²) in [6, 6.07) is 16.5. The maximum absolute atomic E-state index is 12.7. The number of allylic oxidation sites excluding steroid dienone is 1. The number of hydrogen-bond acceptors (Lipinski definition) is 9. The molecule has 1 atom stereocenters. The highest BCUT2D eigenvalue weighted by Crippen LogP contribution is 2.23. The zero-order chi connectivity index (χ0) is 29.4. The van der Waals surface area contributed by atoms with Gasteiger partial charge >= 0.3 is 10.8 Å². The number of carbonyl (C=O) groups excluding carboxylic acids is 2. The van der Waals surface area contributed by atoms with Gasteiger partial charge in [-0.15, -0.1) is 0 Å². The van der Waals surface area contributed by atoms with E-state index in [2.05, 4.69) is 0 Å². The number of rotatable bonds is 13. The number of carbonyl (C=O) groups is 2. The minimum absolute atomic E-state index is 0.104. The van der Waals surface area contributed by atoms with Crippen molar-refractivity contribution in [3.05, 3.63) is 93.1 Å². The summed E-state index contributed by atoms with van der Waals surface area (Å²) >= 11 is 1.05. The molecule has 214 valence electrons. The standard InChI is InChI=1S/C31H31NO8S/c1-3-38-28(30(36)39-4-2)17-20-5-9-25(10-6-20)40-14-13-32-26-11-8-22(18-29(26)41-31(32)37)27(35)12-7-21-15-23(33)19-24(34)16-21/h5-12,15-16,18-19,28,33-34H,3-4,13-14,17H2,1-2H3/b12-7+. The van der Waals surface area contributed by atoms with Crippen LogP contribution in [0.15, 0.2) is 71.5 Å². The fourth-order valence-electron chi connectivity index (χ4n) is 4.25. The summed E-state index contributed by atoms with van der Waals surface area (Å²) in [5, 5.41) is 19.2. The molecule has 10 heteroatoms. The number of phenols is 2. The van der Waals surface area contributed by atoms with Crippen molar-refractivity contribution >= 4 is 39.4 Å². The van der Waals surface area contributed by atoms with Crippen molar-refractivity contribution in [3.63, 3.8) is 0 Å². The molecule has 1 aromatic heterocycles. The SMILES string of the molecule is CCOC(=O)C(Cc1ccc(OCCn2c(=O)sc3cc(C(=O)/C=C/c4cc(O)cc(O)c4)ccc32)cc1)OCC. The van der Waals surface area contributed by atoms with Crippen LogP contribution in [-0.2, 0) is 27.2 Å². The molecule has 9 nitrogen and oxygen atoms in total. The van der Waals surface area contributed by atoms with E-state index in [-0.39, 0.29) is 34.7 Å². The lowest BCUT2D eigenvalue weighted by atomic mass is 10.1. The van der Waals surface area contributed by atoms with Gasteiger partial charge < -0.3 is 24.4 Å². The van der Waals surface area contributed by atoms with Gasteiger partial charge in [0.1, 0.15) is 23.9 Å². The van der Waals surface area contributed by atoms with Crippen LogP contribution >= 0.6 is 11.3 Å². The van der Waals surface area contributed by atoms with Crippen LogP contribution in [-0.4, -0.2) is 52.5 Å². The molecular weight excluding hydrogens is 546 g/mol. The van der Waals surface area contributed by atoms with Crippen LogP contribution in [0, 0.1) is 0 Å². The molecule has 0 fully saturated rings. The zero-order valence-electron chi connectivity index (χ0n) is 22.7. The Bertz CT molecular complexity index is 1580. The number of fused-ring (bicyclic) bond motifs is 1. The van der Waals surface area contributed by atoms with Crippen LogP contribution in [0.4, 0.5) is 0 Å². The number of esters is 1. The first-order valence-corrected chi connectivity index (χ1v) is 14.0. The Morgan fingerprint density at radius 2 is 1.71 bits per heavy atom. The molecule has 0 aliphatic rings. The van der Waals surface area contributed by atoms with Gasteiger partial charge in [-0.3, -0.25) is 14.2 Å². The van der Waals surface area contributed by atoms with Crippen molar-refractivity contribution in [2.75, 3.05) is 19.8 Å². The van der Waals surface area contributed by atoms with Crippen molar-refractivity contribution < 1.29 is 34.0 Å². The fourth-order valence-corrected chi connectivity index (χ4v) is 5.21. The topological polar surface area (TPSA) is 124 Å². The lowest BCUT2D eigenvalue weighted by Gasteiger charge is -2.16. The normalized spacial score (nSPS) is 12.0. The fraction of sp³-hybridized carbons (Fsp3) is 0.258. The quantitative estimate of drug-likeness (QED) is 0.130. The van der Waals surface area contributed by atoms with Crippen LogP contribution in [0.1, 0.15) is 35.3 Å². The highest BCUT2D eigenvalue weighted by Gasteiger charge is 2.20. The second-order valence-corrected chi connectivity index (χ2v) is 10.1. The van der Waals surface area contributed by atoms with E-state index in [0.29, 0.717) is 53.3 Å². The summed E-state index contributed by atoms with van der Waals surface area (Å²) < 4.78 is 18.8. The molecule has 1 unspecified atom stereocenters. The van der Waals surface area contributed by atoms with E-state index in [1.54, 1.807) is 29.7 Å². The first-order valence-electron chi connectivity index (χ1n) is 13.2. The van der Waals surface area contributed by atoms with Crippen molar-refractivity contribution in [3.8, 4) is 17.2 Å². The maximum Gasteiger partial charge on any atom is 0.335 e. The minimum atomic E-state index is -0.662. The summed E-state index contributed by atoms with van der Waals surface area (Å²) in [6.45, 7) is 4.87. The van der Waals surface area contributed by atoms with Gasteiger partial charge in [0.25, 0.3) is 0 Å². The summed E-state index contributed by atoms with van der Waals surface area (Å²) in [6.07, 6.45) is 2.58. The molecule has 0 saturated heterocycles. The van der Waals surface area contributed by atoms with Gasteiger partial charge in [0, 0.05) is 24.7 Å². The monoisotopic (exact) mass is 577 g/mol. The molecule has 0 amide bonds. The Hall–Kier alpha value is -4.41. The summed E-state index contributed by atoms with van der Waals surface area (Å²) in [7, 11) is 0. The van der Waals surface area contributed by atoms with Gasteiger partial charge in [0.15, 0.2) is 11.9 Å². The molecule has 0 radical (unpaired) electrons. The second-order valence-electron chi connectivity index (χ2n) is 9.08. The maximum atomic E-state index is 12.7. The Labute approximate surface area is 240 Å². The predicted molar refractivity (Wildman–Crippen MR) is 157 cm³/mol. The third-order valence-corrected chi connectivity index (χ3v) is 7.09. The number of thiazole rings is 1. The van der Waals surface area contributed by atoms with Gasteiger partial charge in [-0.25, -0.2) is 4.79 Å². The number of benzene rings is 3. The van der Waals surface area contributed by atoms with Crippen molar-refractivity contribution in [1.29, 1.82) is 0 Å².